The number of aromatic hydroxyl groups is 1. The van der Waals surface area contributed by atoms with Gasteiger partial charge in [0.25, 0.3) is 5.91 Å². The molecular formula is C28H36N8O6. The highest BCUT2D eigenvalue weighted by molar-refractivity contribution is 6.03. The van der Waals surface area contributed by atoms with Crippen LogP contribution in [0.5, 0.6) is 17.2 Å². The van der Waals surface area contributed by atoms with Gasteiger partial charge in [0.2, 0.25) is 6.41 Å². The summed E-state index contributed by atoms with van der Waals surface area (Å²) in [6.45, 7) is 8.31. The van der Waals surface area contributed by atoms with Crippen LogP contribution >= 0.6 is 0 Å². The number of hydrazone groups is 1. The highest BCUT2D eigenvalue weighted by Gasteiger charge is 2.27. The van der Waals surface area contributed by atoms with Crippen LogP contribution in [0.1, 0.15) is 30.3 Å². The second kappa shape index (κ2) is 15.7. The third kappa shape index (κ3) is 7.80. The molecule has 2 aromatic rings. The fourth-order valence-corrected chi connectivity index (χ4v) is 4.29. The van der Waals surface area contributed by atoms with E-state index in [4.69, 9.17) is 9.47 Å². The van der Waals surface area contributed by atoms with Crippen molar-refractivity contribution in [3.05, 3.63) is 52.9 Å². The zero-order chi connectivity index (χ0) is 30.5. The van der Waals surface area contributed by atoms with E-state index in [1.807, 2.05) is 6.92 Å². The summed E-state index contributed by atoms with van der Waals surface area (Å²) in [4.78, 5) is 50.8. The Labute approximate surface area is 244 Å². The number of amidine groups is 1. The van der Waals surface area contributed by atoms with Crippen LogP contribution in [-0.4, -0.2) is 103 Å². The first-order valence-corrected chi connectivity index (χ1v) is 13.4. The molecule has 42 heavy (non-hydrogen) atoms. The lowest BCUT2D eigenvalue weighted by molar-refractivity contribution is -0.131. The molecule has 14 nitrogen and oxygen atoms in total. The third-order valence-corrected chi connectivity index (χ3v) is 6.42. The summed E-state index contributed by atoms with van der Waals surface area (Å²) in [6, 6.07) is 5.10. The highest BCUT2D eigenvalue weighted by Crippen LogP contribution is 2.31. The Hall–Kier alpha value is -5.01. The molecule has 0 radical (unpaired) electrons. The van der Waals surface area contributed by atoms with Gasteiger partial charge in [-0.1, -0.05) is 6.92 Å². The van der Waals surface area contributed by atoms with Crippen LogP contribution < -0.4 is 20.1 Å². The predicted molar refractivity (Wildman–Crippen MR) is 155 cm³/mol. The van der Waals surface area contributed by atoms with Gasteiger partial charge < -0.3 is 34.9 Å². The van der Waals surface area contributed by atoms with Gasteiger partial charge >= 0.3 is 0 Å². The normalized spacial score (nSPS) is 13.0. The maximum Gasteiger partial charge on any atom is 0.292 e. The average molecular weight is 581 g/mol. The van der Waals surface area contributed by atoms with Gasteiger partial charge in [-0.3, -0.25) is 9.59 Å². The quantitative estimate of drug-likeness (QED) is 0.0683. The van der Waals surface area contributed by atoms with E-state index in [1.54, 1.807) is 37.1 Å². The summed E-state index contributed by atoms with van der Waals surface area (Å²) in [5.41, 5.74) is 2.15. The van der Waals surface area contributed by atoms with Crippen LogP contribution in [0.15, 0.2) is 46.0 Å². The Bertz CT molecular complexity index is 1340. The van der Waals surface area contributed by atoms with Crippen LogP contribution in [0.2, 0.25) is 0 Å². The van der Waals surface area contributed by atoms with Crippen molar-refractivity contribution in [2.24, 2.45) is 10.1 Å². The number of amides is 2. The maximum atomic E-state index is 14.2. The van der Waals surface area contributed by atoms with Gasteiger partial charge in [-0.05, 0) is 38.3 Å². The minimum atomic E-state index is -0.582. The molecular weight excluding hydrogens is 544 g/mol. The molecule has 3 N–H and O–H groups in total. The van der Waals surface area contributed by atoms with Crippen LogP contribution in [0.4, 0.5) is 0 Å². The topological polar surface area (TPSA) is 171 Å². The maximum absolute atomic E-state index is 14.2. The van der Waals surface area contributed by atoms with Crippen molar-refractivity contribution in [3.8, 4) is 17.2 Å². The van der Waals surface area contributed by atoms with Gasteiger partial charge in [-0.25, -0.2) is 20.0 Å². The monoisotopic (exact) mass is 580 g/mol. The van der Waals surface area contributed by atoms with E-state index in [0.29, 0.717) is 66.5 Å². The molecule has 0 bridgehead atoms. The number of hydrogen-bond donors (Lipinski definition) is 3. The summed E-state index contributed by atoms with van der Waals surface area (Å²) in [7, 11) is 1.69. The fraction of sp³-hybridized carbons (Fsp3) is 0.393. The first-order valence-electron chi connectivity index (χ1n) is 13.4. The van der Waals surface area contributed by atoms with Crippen molar-refractivity contribution >= 4 is 31.2 Å². The van der Waals surface area contributed by atoms with Crippen molar-refractivity contribution in [2.75, 3.05) is 46.4 Å². The summed E-state index contributed by atoms with van der Waals surface area (Å²) < 4.78 is 11.2. The van der Waals surface area contributed by atoms with Gasteiger partial charge in [0, 0.05) is 44.4 Å². The number of carbonyl (C=O) groups excluding carboxylic acids is 3. The smallest absolute Gasteiger partial charge is 0.292 e. The molecule has 0 fully saturated rings. The molecule has 0 aliphatic carbocycles. The van der Waals surface area contributed by atoms with Crippen LogP contribution in [0.25, 0.3) is 0 Å². The molecule has 0 saturated heterocycles. The molecule has 0 atom stereocenters. The van der Waals surface area contributed by atoms with Crippen LogP contribution in [0.3, 0.4) is 0 Å². The largest absolute Gasteiger partial charge is 0.504 e. The molecule has 0 saturated carbocycles. The third-order valence-electron chi connectivity index (χ3n) is 6.42. The van der Waals surface area contributed by atoms with Gasteiger partial charge in [0.05, 0.1) is 11.4 Å². The Kier molecular flexibility index (Phi) is 11.8. The molecule has 3 rings (SSSR count). The number of aryl methyl sites for hydroxylation is 1. The fourth-order valence-electron chi connectivity index (χ4n) is 4.29. The van der Waals surface area contributed by atoms with E-state index in [-0.39, 0.29) is 49.9 Å². The van der Waals surface area contributed by atoms with Crippen molar-refractivity contribution < 1.29 is 29.0 Å². The van der Waals surface area contributed by atoms with E-state index in [2.05, 4.69) is 37.4 Å². The van der Waals surface area contributed by atoms with E-state index >= 15 is 0 Å². The average Bonchev–Trinajstić information content (AvgIpc) is 3.01. The first-order chi connectivity index (χ1) is 20.4. The van der Waals surface area contributed by atoms with Gasteiger partial charge in [0.15, 0.2) is 23.1 Å². The number of allylic oxidation sites excluding steroid dienone is 1. The van der Waals surface area contributed by atoms with Crippen molar-refractivity contribution in [1.82, 2.24) is 30.5 Å². The minimum Gasteiger partial charge on any atom is -0.504 e. The number of nitrogens with zero attached hydrogens (tertiary/aromatic N) is 6. The van der Waals surface area contributed by atoms with E-state index in [0.717, 1.165) is 5.01 Å². The second-order valence-electron chi connectivity index (χ2n) is 8.99. The summed E-state index contributed by atoms with van der Waals surface area (Å²) in [6.07, 6.45) is 3.20. The number of aldehydes is 1. The first kappa shape index (κ1) is 31.5. The lowest BCUT2D eigenvalue weighted by atomic mass is 10.1. The van der Waals surface area contributed by atoms with Gasteiger partial charge in [-0.2, -0.15) is 0 Å². The van der Waals surface area contributed by atoms with Gasteiger partial charge in [-0.15, -0.1) is 5.10 Å². The minimum absolute atomic E-state index is 0.0297. The lowest BCUT2D eigenvalue weighted by Gasteiger charge is -2.31. The number of rotatable bonds is 15. The second-order valence-corrected chi connectivity index (χ2v) is 8.99. The van der Waals surface area contributed by atoms with Crippen LogP contribution in [-0.2, 0) is 20.8 Å². The van der Waals surface area contributed by atoms with E-state index in [1.165, 1.54) is 6.33 Å². The predicted octanol–water partition coefficient (Wildman–Crippen LogP) is 0.783. The van der Waals surface area contributed by atoms with E-state index < -0.39 is 5.91 Å². The Morgan fingerprint density at radius 3 is 2.62 bits per heavy atom. The summed E-state index contributed by atoms with van der Waals surface area (Å²) in [5, 5.41) is 21.6. The zero-order valence-electron chi connectivity index (χ0n) is 24.0. The number of aliphatic imine (C=N–C) groups is 1. The summed E-state index contributed by atoms with van der Waals surface area (Å²) in [5.74, 6) is 0.564. The molecule has 224 valence electrons. The van der Waals surface area contributed by atoms with Crippen molar-refractivity contribution in [2.45, 2.75) is 26.7 Å². The molecule has 2 amide bonds. The molecule has 0 unspecified atom stereocenters. The number of nitrogens with one attached hydrogen (secondary N) is 2. The molecule has 14 heteroatoms. The standard InChI is InChI=1S/C28H36N8O6/c1-5-21(29-3)25(35(11-9-31-18-38)10-8-22-26(39)19(2)32-17-33-22)28(40)36(12-13-37)34-27(30-4)20-6-7-23-24(16-20)42-15-14-41-23/h6-7,13,16-18,29,39H,4-5,8-12,14-15H2,1-3H3,(H,31,38)/b25-21+,34-27-. The SMILES string of the molecule is C=N/C(=N\N(CC=O)C(=O)/C(=C(/CC)NC)N(CCNC=O)CCc1ncnc(C)c1O)c1ccc2c(c1)OCCO2. The zero-order valence-corrected chi connectivity index (χ0v) is 24.0. The number of ether oxygens (including phenoxy) is 2. The number of benzene rings is 1. The van der Waals surface area contributed by atoms with Crippen molar-refractivity contribution in [3.63, 3.8) is 0 Å². The summed E-state index contributed by atoms with van der Waals surface area (Å²) >= 11 is 0. The number of aromatic nitrogens is 2. The number of carbonyl (C=O) groups is 3. The highest BCUT2D eigenvalue weighted by atomic mass is 16.6. The molecule has 1 aromatic heterocycles. The Balaban J connectivity index is 2.02. The lowest BCUT2D eigenvalue weighted by Crippen LogP contribution is -2.42. The van der Waals surface area contributed by atoms with E-state index in [9.17, 15) is 19.5 Å². The molecule has 1 aliphatic heterocycles. The Morgan fingerprint density at radius 2 is 1.95 bits per heavy atom. The molecule has 2 heterocycles. The van der Waals surface area contributed by atoms with Gasteiger partial charge in [0.1, 0.15) is 38.1 Å². The number of fused-ring (bicyclic) bond motifs is 1. The Morgan fingerprint density at radius 1 is 1.19 bits per heavy atom. The van der Waals surface area contributed by atoms with Crippen molar-refractivity contribution in [1.29, 1.82) is 0 Å². The molecule has 1 aliphatic rings. The number of hydrogen-bond acceptors (Lipinski definition) is 11. The van der Waals surface area contributed by atoms with Crippen LogP contribution in [0, 0.1) is 6.92 Å². The molecule has 0 spiro atoms. The molecule has 1 aromatic carbocycles.